The quantitative estimate of drug-likeness (QED) is 0.248. The van der Waals surface area contributed by atoms with Crippen LogP contribution in [0.15, 0.2) is 30.4 Å². The number of amides is 2. The third kappa shape index (κ3) is 3.71. The van der Waals surface area contributed by atoms with Crippen LogP contribution in [0.2, 0.25) is 10.0 Å². The number of halogens is 2. The van der Waals surface area contributed by atoms with Crippen molar-refractivity contribution in [2.45, 2.75) is 32.7 Å². The van der Waals surface area contributed by atoms with Crippen molar-refractivity contribution in [1.82, 2.24) is 4.90 Å². The van der Waals surface area contributed by atoms with Crippen molar-refractivity contribution < 1.29 is 23.9 Å². The first-order chi connectivity index (χ1) is 15.7. The molecule has 8 heteroatoms. The topological polar surface area (TPSA) is 80.8 Å². The zero-order valence-electron chi connectivity index (χ0n) is 18.4. The number of allylic oxidation sites excluding steroid dienone is 2. The van der Waals surface area contributed by atoms with E-state index in [-0.39, 0.29) is 58.4 Å². The highest BCUT2D eigenvalue weighted by Crippen LogP contribution is 2.65. The smallest absolute Gasteiger partial charge is 0.329 e. The lowest BCUT2D eigenvalue weighted by molar-refractivity contribution is -0.159. The number of ketones is 1. The fraction of sp³-hybridized carbons (Fsp3) is 0.520. The van der Waals surface area contributed by atoms with E-state index < -0.39 is 24.4 Å². The minimum absolute atomic E-state index is 0.0374. The maximum atomic E-state index is 13.4. The summed E-state index contributed by atoms with van der Waals surface area (Å²) >= 11 is 12.0. The lowest BCUT2D eigenvalue weighted by Gasteiger charge is -2.37. The van der Waals surface area contributed by atoms with E-state index in [1.54, 1.807) is 0 Å². The van der Waals surface area contributed by atoms with E-state index in [4.69, 9.17) is 27.9 Å². The van der Waals surface area contributed by atoms with Gasteiger partial charge in [-0.2, -0.15) is 0 Å². The second-order valence-corrected chi connectivity index (χ2v) is 10.8. The lowest BCUT2D eigenvalue weighted by atomic mass is 9.63. The predicted molar refractivity (Wildman–Crippen MR) is 122 cm³/mol. The van der Waals surface area contributed by atoms with Gasteiger partial charge in [0, 0.05) is 10.6 Å². The molecular weight excluding hydrogens is 465 g/mol. The van der Waals surface area contributed by atoms with E-state index in [9.17, 15) is 19.2 Å². The molecular formula is C25H25Cl2NO5. The molecule has 174 valence electrons. The Kier molecular flexibility index (Phi) is 5.65. The Morgan fingerprint density at radius 1 is 1.06 bits per heavy atom. The summed E-state index contributed by atoms with van der Waals surface area (Å²) in [6, 6.07) is 3.40. The molecule has 6 rings (SSSR count). The number of hydrogen-bond acceptors (Lipinski definition) is 5. The fourth-order valence-electron chi connectivity index (χ4n) is 6.07. The van der Waals surface area contributed by atoms with Crippen LogP contribution in [-0.4, -0.2) is 41.1 Å². The Morgan fingerprint density at radius 3 is 2.21 bits per heavy atom. The van der Waals surface area contributed by atoms with Crippen molar-refractivity contribution in [1.29, 1.82) is 0 Å². The average Bonchev–Trinajstić information content (AvgIpc) is 3.54. The van der Waals surface area contributed by atoms with Crippen molar-refractivity contribution >= 4 is 46.8 Å². The number of nitrogens with zero attached hydrogens (tertiary/aromatic N) is 1. The maximum Gasteiger partial charge on any atom is 0.329 e. The molecule has 1 heterocycles. The lowest BCUT2D eigenvalue weighted by Crippen LogP contribution is -2.47. The van der Waals surface area contributed by atoms with Crippen molar-refractivity contribution in [3.05, 3.63) is 46.0 Å². The van der Waals surface area contributed by atoms with Gasteiger partial charge in [0.2, 0.25) is 17.6 Å². The average molecular weight is 490 g/mol. The number of likely N-dealkylation sites (tertiary alicyclic amines) is 1. The van der Waals surface area contributed by atoms with Crippen LogP contribution in [0.1, 0.15) is 37.0 Å². The molecule has 4 aliphatic carbocycles. The number of carbonyl (C=O) groups is 4. The second kappa shape index (κ2) is 8.24. The van der Waals surface area contributed by atoms with Crippen molar-refractivity contribution in [3.8, 4) is 0 Å². The molecule has 0 unspecified atom stereocenters. The summed E-state index contributed by atoms with van der Waals surface area (Å²) < 4.78 is 5.33. The highest BCUT2D eigenvalue weighted by atomic mass is 35.5. The molecule has 5 aliphatic rings. The second-order valence-electron chi connectivity index (χ2n) is 10.0. The van der Waals surface area contributed by atoms with Gasteiger partial charge in [-0.05, 0) is 60.6 Å². The van der Waals surface area contributed by atoms with Crippen LogP contribution in [0, 0.1) is 41.4 Å². The first kappa shape index (κ1) is 22.6. The molecule has 1 saturated heterocycles. The Bertz CT molecular complexity index is 1050. The van der Waals surface area contributed by atoms with Crippen LogP contribution in [0.5, 0.6) is 0 Å². The third-order valence-electron chi connectivity index (χ3n) is 7.55. The van der Waals surface area contributed by atoms with Gasteiger partial charge in [-0.15, -0.1) is 0 Å². The molecule has 1 aliphatic heterocycles. The molecule has 7 atom stereocenters. The van der Waals surface area contributed by atoms with Gasteiger partial charge in [-0.3, -0.25) is 19.3 Å². The number of benzene rings is 1. The van der Waals surface area contributed by atoms with Crippen LogP contribution in [-0.2, 0) is 19.1 Å². The minimum atomic E-state index is -1.04. The molecule has 2 bridgehead atoms. The molecule has 0 N–H and O–H groups in total. The van der Waals surface area contributed by atoms with Gasteiger partial charge in [0.25, 0.3) is 0 Å². The summed E-state index contributed by atoms with van der Waals surface area (Å²) in [6.45, 7) is 3.30. The number of hydrogen-bond donors (Lipinski definition) is 0. The fourth-order valence-corrected chi connectivity index (χ4v) is 6.58. The summed E-state index contributed by atoms with van der Waals surface area (Å²) in [7, 11) is 0. The Morgan fingerprint density at radius 2 is 1.67 bits per heavy atom. The molecule has 33 heavy (non-hydrogen) atoms. The van der Waals surface area contributed by atoms with Crippen LogP contribution < -0.4 is 0 Å². The van der Waals surface area contributed by atoms with Gasteiger partial charge in [-0.25, -0.2) is 4.79 Å². The molecule has 2 saturated carbocycles. The van der Waals surface area contributed by atoms with Gasteiger partial charge >= 0.3 is 5.97 Å². The van der Waals surface area contributed by atoms with E-state index in [1.807, 2.05) is 13.8 Å². The molecule has 1 aromatic carbocycles. The van der Waals surface area contributed by atoms with Gasteiger partial charge in [0.1, 0.15) is 6.04 Å². The number of esters is 1. The first-order valence-corrected chi connectivity index (χ1v) is 12.1. The highest BCUT2D eigenvalue weighted by molar-refractivity contribution is 6.36. The van der Waals surface area contributed by atoms with Crippen LogP contribution >= 0.6 is 23.2 Å². The molecule has 6 nitrogen and oxygen atoms in total. The monoisotopic (exact) mass is 489 g/mol. The van der Waals surface area contributed by atoms with Crippen LogP contribution in [0.25, 0.3) is 0 Å². The van der Waals surface area contributed by atoms with E-state index in [0.717, 1.165) is 11.3 Å². The van der Waals surface area contributed by atoms with Gasteiger partial charge in [-0.1, -0.05) is 49.2 Å². The van der Waals surface area contributed by atoms with Crippen LogP contribution in [0.4, 0.5) is 0 Å². The van der Waals surface area contributed by atoms with E-state index in [1.165, 1.54) is 18.2 Å². The maximum absolute atomic E-state index is 13.4. The Labute approximate surface area is 202 Å². The minimum Gasteiger partial charge on any atom is -0.456 e. The summed E-state index contributed by atoms with van der Waals surface area (Å²) in [4.78, 5) is 53.7. The van der Waals surface area contributed by atoms with Crippen molar-refractivity contribution in [2.24, 2.45) is 41.4 Å². The zero-order chi connectivity index (χ0) is 23.6. The number of carbonyl (C=O) groups excluding carboxylic acids is 4. The van der Waals surface area contributed by atoms with E-state index in [2.05, 4.69) is 12.2 Å². The largest absolute Gasteiger partial charge is 0.456 e. The number of rotatable bonds is 7. The Hall–Kier alpha value is -2.18. The zero-order valence-corrected chi connectivity index (χ0v) is 19.9. The van der Waals surface area contributed by atoms with Gasteiger partial charge in [0.05, 0.1) is 16.9 Å². The molecule has 0 radical (unpaired) electrons. The van der Waals surface area contributed by atoms with Crippen molar-refractivity contribution in [3.63, 3.8) is 0 Å². The van der Waals surface area contributed by atoms with Gasteiger partial charge < -0.3 is 4.74 Å². The number of ether oxygens (including phenoxy) is 1. The number of imide groups is 1. The summed E-state index contributed by atoms with van der Waals surface area (Å²) in [6.07, 6.45) is 5.54. The van der Waals surface area contributed by atoms with E-state index in [0.29, 0.717) is 16.9 Å². The predicted octanol–water partition coefficient (Wildman–Crippen LogP) is 4.19. The number of Topliss-reactive ketones (excluding diaryl/α,β-unsaturated/α-hetero) is 1. The standard InChI is InChI=1S/C25H25Cl2NO5/c1-11(2)7-19(25(32)33-10-20(29)15-4-3-12(26)8-18(15)27)28-23(30)21-13-5-6-14(17-9-16(13)17)22(21)24(28)31/h3-6,8,11,13-14,16-17,19,21-22H,7,9-10H2,1-2H3/t13-,14-,16-,17-,19+,21+,22+/m1/s1. The SMILES string of the molecule is CC(C)C[C@@H](C(=O)OCC(=O)c1ccc(Cl)cc1Cl)N1C(=O)[C@H]2[C@@H]3C=C[C@H]([C@H]4C[C@H]34)[C@@H]2C1=O. The Balaban J connectivity index is 1.33. The normalized spacial score (nSPS) is 32.1. The molecule has 0 aromatic heterocycles. The summed E-state index contributed by atoms with van der Waals surface area (Å²) in [5, 5.41) is 0.553. The molecule has 0 spiro atoms. The highest BCUT2D eigenvalue weighted by Gasteiger charge is 2.68. The molecule has 2 amide bonds. The molecule has 3 fully saturated rings. The summed E-state index contributed by atoms with van der Waals surface area (Å²) in [5.74, 6) is -1.38. The van der Waals surface area contributed by atoms with Gasteiger partial charge in [0.15, 0.2) is 6.61 Å². The van der Waals surface area contributed by atoms with E-state index >= 15 is 0 Å². The molecule has 1 aromatic rings. The van der Waals surface area contributed by atoms with Crippen LogP contribution in [0.3, 0.4) is 0 Å². The first-order valence-electron chi connectivity index (χ1n) is 11.4. The van der Waals surface area contributed by atoms with Crippen molar-refractivity contribution in [2.75, 3.05) is 6.61 Å². The third-order valence-corrected chi connectivity index (χ3v) is 8.10. The summed E-state index contributed by atoms with van der Waals surface area (Å²) in [5.41, 5.74) is 0.190.